The number of aromatic nitrogens is 3. The normalized spacial score (nSPS) is 17.6. The molecule has 3 heterocycles. The lowest BCUT2D eigenvalue weighted by Gasteiger charge is -2.23. The molecule has 1 unspecified atom stereocenters. The Labute approximate surface area is 123 Å². The van der Waals surface area contributed by atoms with Crippen molar-refractivity contribution < 1.29 is 4.79 Å². The molecule has 0 aliphatic carbocycles. The lowest BCUT2D eigenvalue weighted by atomic mass is 10.1. The van der Waals surface area contributed by atoms with Crippen LogP contribution < -0.4 is 10.9 Å². The molecule has 20 heavy (non-hydrogen) atoms. The van der Waals surface area contributed by atoms with E-state index in [1.165, 1.54) is 35.4 Å². The summed E-state index contributed by atoms with van der Waals surface area (Å²) in [7, 11) is 0. The summed E-state index contributed by atoms with van der Waals surface area (Å²) in [5.74, 6) is 0.263. The fourth-order valence-electron chi connectivity index (χ4n) is 1.93. The number of hydrogen-bond acceptors (Lipinski definition) is 6. The van der Waals surface area contributed by atoms with Gasteiger partial charge >= 0.3 is 0 Å². The summed E-state index contributed by atoms with van der Waals surface area (Å²) in [6.45, 7) is 2.25. The number of fused-ring (bicyclic) bond motifs is 1. The summed E-state index contributed by atoms with van der Waals surface area (Å²) in [4.78, 5) is 32.3. The average molecular weight is 308 g/mol. The third kappa shape index (κ3) is 2.61. The zero-order valence-corrected chi connectivity index (χ0v) is 12.3. The minimum Gasteiger partial charge on any atom is -0.302 e. The van der Waals surface area contributed by atoms with Crippen molar-refractivity contribution in [3.8, 4) is 0 Å². The second-order valence-electron chi connectivity index (χ2n) is 4.47. The first-order valence-electron chi connectivity index (χ1n) is 6.05. The molecule has 1 atom stereocenters. The van der Waals surface area contributed by atoms with Crippen LogP contribution in [0.5, 0.6) is 0 Å². The predicted molar refractivity (Wildman–Crippen MR) is 78.2 cm³/mol. The Morgan fingerprint density at radius 2 is 2.40 bits per heavy atom. The van der Waals surface area contributed by atoms with Gasteiger partial charge in [0.05, 0.1) is 11.6 Å². The molecule has 1 amide bonds. The number of anilines is 1. The molecule has 8 heteroatoms. The van der Waals surface area contributed by atoms with Crippen molar-refractivity contribution in [3.63, 3.8) is 0 Å². The Kier molecular flexibility index (Phi) is 3.58. The highest BCUT2D eigenvalue weighted by molar-refractivity contribution is 7.99. The number of amides is 1. The zero-order valence-electron chi connectivity index (χ0n) is 10.7. The van der Waals surface area contributed by atoms with Crippen LogP contribution in [0.4, 0.5) is 5.13 Å². The molecule has 0 saturated heterocycles. The number of rotatable bonds is 2. The number of nitrogens with zero attached hydrogens (tertiary/aromatic N) is 3. The van der Waals surface area contributed by atoms with Gasteiger partial charge in [0.2, 0.25) is 5.91 Å². The van der Waals surface area contributed by atoms with Crippen LogP contribution >= 0.6 is 23.1 Å². The Morgan fingerprint density at radius 3 is 3.15 bits per heavy atom. The number of hydrogen-bond donors (Lipinski definition) is 1. The number of aryl methyl sites for hydroxylation is 1. The molecule has 0 bridgehead atoms. The Hall–Kier alpha value is -1.67. The maximum Gasteiger partial charge on any atom is 0.254 e. The van der Waals surface area contributed by atoms with Gasteiger partial charge in [0.1, 0.15) is 0 Å². The van der Waals surface area contributed by atoms with Crippen LogP contribution in [0.1, 0.15) is 5.69 Å². The first kappa shape index (κ1) is 13.3. The van der Waals surface area contributed by atoms with E-state index in [-0.39, 0.29) is 17.4 Å². The number of thiazole rings is 1. The zero-order chi connectivity index (χ0) is 14.1. The van der Waals surface area contributed by atoms with Crippen molar-refractivity contribution in [2.45, 2.75) is 18.6 Å². The van der Waals surface area contributed by atoms with Crippen molar-refractivity contribution in [1.29, 1.82) is 0 Å². The van der Waals surface area contributed by atoms with Gasteiger partial charge < -0.3 is 5.32 Å². The molecule has 0 fully saturated rings. The lowest BCUT2D eigenvalue weighted by molar-refractivity contribution is -0.119. The molecule has 1 N–H and O–H groups in total. The molecule has 2 aromatic rings. The molecular weight excluding hydrogens is 296 g/mol. The average Bonchev–Trinajstić information content (AvgIpc) is 2.84. The van der Waals surface area contributed by atoms with Gasteiger partial charge in [0.25, 0.3) is 5.56 Å². The molecule has 2 aromatic heterocycles. The standard InChI is InChI=1S/C12H12N4O2S2/c1-7-5-19-11(14-7)15-10(18)8-4-16-9(17)2-3-13-12(16)20-6-8/h2-3,5,8H,4,6H2,1H3,(H,14,15,18). The molecule has 1 aliphatic heterocycles. The van der Waals surface area contributed by atoms with Crippen molar-refractivity contribution in [1.82, 2.24) is 14.5 Å². The summed E-state index contributed by atoms with van der Waals surface area (Å²) in [6, 6.07) is 1.41. The van der Waals surface area contributed by atoms with E-state index in [2.05, 4.69) is 15.3 Å². The van der Waals surface area contributed by atoms with Crippen LogP contribution in [0.25, 0.3) is 0 Å². The Balaban J connectivity index is 1.75. The van der Waals surface area contributed by atoms with Gasteiger partial charge in [-0.25, -0.2) is 9.97 Å². The summed E-state index contributed by atoms with van der Waals surface area (Å²) < 4.78 is 1.55. The molecule has 0 saturated carbocycles. The van der Waals surface area contributed by atoms with E-state index in [4.69, 9.17) is 0 Å². The monoisotopic (exact) mass is 308 g/mol. The largest absolute Gasteiger partial charge is 0.302 e. The molecule has 0 spiro atoms. The van der Waals surface area contributed by atoms with Gasteiger partial charge in [-0.3, -0.25) is 14.2 Å². The number of nitrogens with one attached hydrogen (secondary N) is 1. The van der Waals surface area contributed by atoms with Gasteiger partial charge in [-0.05, 0) is 6.92 Å². The smallest absolute Gasteiger partial charge is 0.254 e. The van der Waals surface area contributed by atoms with Crippen molar-refractivity contribution in [2.24, 2.45) is 5.92 Å². The van der Waals surface area contributed by atoms with E-state index < -0.39 is 0 Å². The minimum atomic E-state index is -0.251. The molecule has 0 aromatic carbocycles. The highest BCUT2D eigenvalue weighted by Crippen LogP contribution is 2.25. The van der Waals surface area contributed by atoms with Crippen LogP contribution in [-0.2, 0) is 11.3 Å². The molecule has 3 rings (SSSR count). The van der Waals surface area contributed by atoms with Gasteiger partial charge in [0, 0.05) is 29.9 Å². The van der Waals surface area contributed by atoms with Crippen LogP contribution in [-0.4, -0.2) is 26.2 Å². The predicted octanol–water partition coefficient (Wildman–Crippen LogP) is 1.37. The quantitative estimate of drug-likeness (QED) is 0.848. The Bertz CT molecular complexity index is 709. The summed E-state index contributed by atoms with van der Waals surface area (Å²) in [5.41, 5.74) is 0.763. The van der Waals surface area contributed by atoms with Crippen molar-refractivity contribution >= 4 is 34.1 Å². The molecule has 104 valence electrons. The van der Waals surface area contributed by atoms with Crippen molar-refractivity contribution in [3.05, 3.63) is 33.7 Å². The van der Waals surface area contributed by atoms with E-state index in [9.17, 15) is 9.59 Å². The number of carbonyl (C=O) groups is 1. The van der Waals surface area contributed by atoms with E-state index >= 15 is 0 Å². The summed E-state index contributed by atoms with van der Waals surface area (Å²) in [5, 5.41) is 5.96. The van der Waals surface area contributed by atoms with E-state index in [0.717, 1.165) is 5.69 Å². The number of thioether (sulfide) groups is 1. The molecule has 0 radical (unpaired) electrons. The Morgan fingerprint density at radius 1 is 1.55 bits per heavy atom. The van der Waals surface area contributed by atoms with E-state index in [1.807, 2.05) is 12.3 Å². The molecule has 1 aliphatic rings. The second kappa shape index (κ2) is 5.37. The topological polar surface area (TPSA) is 76.9 Å². The highest BCUT2D eigenvalue weighted by Gasteiger charge is 2.26. The fourth-order valence-corrected chi connectivity index (χ4v) is 3.68. The van der Waals surface area contributed by atoms with E-state index in [1.54, 1.807) is 4.57 Å². The van der Waals surface area contributed by atoms with Gasteiger partial charge in [-0.1, -0.05) is 11.8 Å². The van der Waals surface area contributed by atoms with Gasteiger partial charge in [-0.15, -0.1) is 11.3 Å². The lowest BCUT2D eigenvalue weighted by Crippen LogP contribution is -2.36. The maximum absolute atomic E-state index is 12.2. The second-order valence-corrected chi connectivity index (χ2v) is 6.31. The third-order valence-corrected chi connectivity index (χ3v) is 4.96. The van der Waals surface area contributed by atoms with Crippen LogP contribution in [0.15, 0.2) is 27.6 Å². The van der Waals surface area contributed by atoms with Crippen LogP contribution in [0.2, 0.25) is 0 Å². The van der Waals surface area contributed by atoms with E-state index in [0.29, 0.717) is 22.6 Å². The summed E-state index contributed by atoms with van der Waals surface area (Å²) >= 11 is 2.83. The molecule has 6 nitrogen and oxygen atoms in total. The first-order chi connectivity index (χ1) is 9.63. The van der Waals surface area contributed by atoms with Crippen LogP contribution in [0.3, 0.4) is 0 Å². The first-order valence-corrected chi connectivity index (χ1v) is 7.91. The fraction of sp³-hybridized carbons (Fsp3) is 0.333. The van der Waals surface area contributed by atoms with Crippen molar-refractivity contribution in [2.75, 3.05) is 11.1 Å². The highest BCUT2D eigenvalue weighted by atomic mass is 32.2. The SMILES string of the molecule is Cc1csc(NC(=O)C2CSc3nccc(=O)n3C2)n1. The number of carbonyl (C=O) groups excluding carboxylic acids is 1. The third-order valence-electron chi connectivity index (χ3n) is 2.94. The van der Waals surface area contributed by atoms with Gasteiger partial charge in [0.15, 0.2) is 10.3 Å². The molecular formula is C12H12N4O2S2. The van der Waals surface area contributed by atoms with Crippen LogP contribution in [0, 0.1) is 12.8 Å². The van der Waals surface area contributed by atoms with Gasteiger partial charge in [-0.2, -0.15) is 0 Å². The summed E-state index contributed by atoms with van der Waals surface area (Å²) in [6.07, 6.45) is 1.50. The minimum absolute atomic E-state index is 0.103. The maximum atomic E-state index is 12.2.